The van der Waals surface area contributed by atoms with E-state index < -0.39 is 0 Å². The summed E-state index contributed by atoms with van der Waals surface area (Å²) in [6.07, 6.45) is 0. The molecular weight excluding hydrogens is 273 g/mol. The van der Waals surface area contributed by atoms with E-state index >= 15 is 0 Å². The van der Waals surface area contributed by atoms with Gasteiger partial charge in [-0.15, -0.1) is 0 Å². The maximum absolute atomic E-state index is 13.4. The Morgan fingerprint density at radius 2 is 2.38 bits per heavy atom. The summed E-state index contributed by atoms with van der Waals surface area (Å²) in [4.78, 5) is 6.30. The maximum Gasteiger partial charge on any atom is 0.194 e. The van der Waals surface area contributed by atoms with E-state index in [9.17, 15) is 4.39 Å². The molecule has 3 nitrogen and oxygen atoms in total. The first-order chi connectivity index (χ1) is 7.66. The molecule has 5 heteroatoms. The third-order valence-electron chi connectivity index (χ3n) is 2.50. The zero-order chi connectivity index (χ0) is 11.5. The molecule has 1 heterocycles. The van der Waals surface area contributed by atoms with Gasteiger partial charge in [0.05, 0.1) is 6.54 Å². The van der Waals surface area contributed by atoms with Crippen LogP contribution >= 0.6 is 15.9 Å². The third kappa shape index (κ3) is 2.52. The number of benzene rings is 1. The minimum atomic E-state index is -0.197. The van der Waals surface area contributed by atoms with Gasteiger partial charge >= 0.3 is 0 Å². The van der Waals surface area contributed by atoms with E-state index in [0.717, 1.165) is 23.5 Å². The fourth-order valence-corrected chi connectivity index (χ4v) is 1.98. The zero-order valence-electron chi connectivity index (χ0n) is 9.00. The van der Waals surface area contributed by atoms with Gasteiger partial charge in [0.15, 0.2) is 5.96 Å². The number of aliphatic imine (C=N–C) groups is 1. The second-order valence-corrected chi connectivity index (χ2v) is 4.63. The predicted molar refractivity (Wildman–Crippen MR) is 65.9 cm³/mol. The Balaban J connectivity index is 2.02. The fraction of sp³-hybridized carbons (Fsp3) is 0.364. The second kappa shape index (κ2) is 4.82. The van der Waals surface area contributed by atoms with Gasteiger partial charge in [-0.3, -0.25) is 4.99 Å². The van der Waals surface area contributed by atoms with Crippen LogP contribution in [0.25, 0.3) is 0 Å². The lowest BCUT2D eigenvalue weighted by atomic mass is 10.2. The Kier molecular flexibility index (Phi) is 3.43. The summed E-state index contributed by atoms with van der Waals surface area (Å²) >= 11 is 3.33. The van der Waals surface area contributed by atoms with E-state index in [-0.39, 0.29) is 5.82 Å². The fourth-order valence-electron chi connectivity index (χ4n) is 1.58. The summed E-state index contributed by atoms with van der Waals surface area (Å²) in [5, 5.41) is 3.13. The summed E-state index contributed by atoms with van der Waals surface area (Å²) in [6, 6.07) is 4.93. The number of hydrogen-bond acceptors (Lipinski definition) is 3. The Morgan fingerprint density at radius 3 is 3.06 bits per heavy atom. The number of halogens is 2. The minimum Gasteiger partial charge on any atom is -0.352 e. The van der Waals surface area contributed by atoms with Gasteiger partial charge < -0.3 is 10.2 Å². The molecule has 0 spiro atoms. The van der Waals surface area contributed by atoms with E-state index in [1.54, 1.807) is 12.1 Å². The van der Waals surface area contributed by atoms with Gasteiger partial charge in [-0.05, 0) is 18.2 Å². The second-order valence-electron chi connectivity index (χ2n) is 3.72. The molecule has 0 aliphatic carbocycles. The van der Waals surface area contributed by atoms with E-state index in [4.69, 9.17) is 0 Å². The third-order valence-corrected chi connectivity index (χ3v) is 3.00. The van der Waals surface area contributed by atoms with Gasteiger partial charge in [0.2, 0.25) is 0 Å². The lowest BCUT2D eigenvalue weighted by Crippen LogP contribution is -2.35. The Bertz CT molecular complexity index is 420. The number of nitrogens with one attached hydrogen (secondary N) is 1. The summed E-state index contributed by atoms with van der Waals surface area (Å²) in [6.45, 7) is 2.18. The van der Waals surface area contributed by atoms with Crippen LogP contribution in [0.2, 0.25) is 0 Å². The predicted octanol–water partition coefficient (Wildman–Crippen LogP) is 1.98. The first kappa shape index (κ1) is 11.4. The first-order valence-corrected chi connectivity index (χ1v) is 5.89. The van der Waals surface area contributed by atoms with Gasteiger partial charge in [0.25, 0.3) is 0 Å². The Labute approximate surface area is 102 Å². The summed E-state index contributed by atoms with van der Waals surface area (Å²) in [5.74, 6) is 0.635. The molecule has 1 aromatic rings. The Morgan fingerprint density at radius 1 is 1.56 bits per heavy atom. The molecule has 1 aromatic carbocycles. The van der Waals surface area contributed by atoms with E-state index in [1.165, 1.54) is 6.07 Å². The highest BCUT2D eigenvalue weighted by atomic mass is 79.9. The van der Waals surface area contributed by atoms with Crippen LogP contribution in [-0.4, -0.2) is 31.0 Å². The molecule has 0 amide bonds. The minimum absolute atomic E-state index is 0.197. The Hall–Kier alpha value is -1.10. The molecule has 0 unspecified atom stereocenters. The van der Waals surface area contributed by atoms with Crippen LogP contribution in [0.3, 0.4) is 0 Å². The van der Waals surface area contributed by atoms with Crippen molar-refractivity contribution in [3.05, 3.63) is 34.1 Å². The first-order valence-electron chi connectivity index (χ1n) is 5.10. The van der Waals surface area contributed by atoms with Crippen molar-refractivity contribution < 1.29 is 4.39 Å². The van der Waals surface area contributed by atoms with Crippen LogP contribution in [0, 0.1) is 5.82 Å². The molecule has 2 rings (SSSR count). The van der Waals surface area contributed by atoms with Crippen LogP contribution in [0.4, 0.5) is 4.39 Å². The van der Waals surface area contributed by atoms with Crippen molar-refractivity contribution in [3.8, 4) is 0 Å². The molecule has 16 heavy (non-hydrogen) atoms. The van der Waals surface area contributed by atoms with E-state index in [0.29, 0.717) is 12.1 Å². The van der Waals surface area contributed by atoms with Gasteiger partial charge in [-0.25, -0.2) is 4.39 Å². The van der Waals surface area contributed by atoms with Crippen LogP contribution in [0.1, 0.15) is 5.56 Å². The summed E-state index contributed by atoms with van der Waals surface area (Å²) in [7, 11) is 1.97. The van der Waals surface area contributed by atoms with Gasteiger partial charge in [0, 0.05) is 30.2 Å². The van der Waals surface area contributed by atoms with Crippen molar-refractivity contribution in [2.45, 2.75) is 6.54 Å². The van der Waals surface area contributed by atoms with Gasteiger partial charge in [-0.1, -0.05) is 15.9 Å². The topological polar surface area (TPSA) is 27.6 Å². The van der Waals surface area contributed by atoms with Crippen LogP contribution in [0.15, 0.2) is 27.7 Å². The highest BCUT2D eigenvalue weighted by molar-refractivity contribution is 9.10. The standard InChI is InChI=1S/C11H13BrFN3/c1-16-5-4-14-11(16)15-7-8-6-9(12)2-3-10(8)13/h2-3,6H,4-5,7H2,1H3,(H,14,15). The molecule has 0 saturated carbocycles. The number of rotatable bonds is 2. The summed E-state index contributed by atoms with van der Waals surface area (Å²) < 4.78 is 14.3. The molecule has 0 radical (unpaired) electrons. The van der Waals surface area contributed by atoms with Gasteiger partial charge in [-0.2, -0.15) is 0 Å². The molecule has 0 bridgehead atoms. The quantitative estimate of drug-likeness (QED) is 0.900. The van der Waals surface area contributed by atoms with Crippen LogP contribution < -0.4 is 5.32 Å². The van der Waals surface area contributed by atoms with Crippen LogP contribution in [-0.2, 0) is 6.54 Å². The smallest absolute Gasteiger partial charge is 0.194 e. The maximum atomic E-state index is 13.4. The summed E-state index contributed by atoms with van der Waals surface area (Å²) in [5.41, 5.74) is 0.636. The van der Waals surface area contributed by atoms with E-state index in [2.05, 4.69) is 26.2 Å². The largest absolute Gasteiger partial charge is 0.352 e. The lowest BCUT2D eigenvalue weighted by molar-refractivity contribution is 0.530. The zero-order valence-corrected chi connectivity index (χ0v) is 10.6. The lowest BCUT2D eigenvalue weighted by Gasteiger charge is -2.15. The van der Waals surface area contributed by atoms with Crippen molar-refractivity contribution in [3.63, 3.8) is 0 Å². The molecule has 0 saturated heterocycles. The molecule has 1 N–H and O–H groups in total. The molecule has 0 aromatic heterocycles. The number of nitrogens with zero attached hydrogens (tertiary/aromatic N) is 2. The number of likely N-dealkylation sites (N-methyl/N-ethyl adjacent to an activating group) is 1. The average Bonchev–Trinajstić information content (AvgIpc) is 2.66. The van der Waals surface area contributed by atoms with Crippen molar-refractivity contribution in [2.75, 3.05) is 20.1 Å². The van der Waals surface area contributed by atoms with Gasteiger partial charge in [0.1, 0.15) is 5.82 Å². The van der Waals surface area contributed by atoms with E-state index in [1.807, 2.05) is 11.9 Å². The van der Waals surface area contributed by atoms with Crippen LogP contribution in [0.5, 0.6) is 0 Å². The molecule has 1 aliphatic rings. The molecule has 0 atom stereocenters. The molecule has 86 valence electrons. The van der Waals surface area contributed by atoms with Crippen molar-refractivity contribution in [1.29, 1.82) is 0 Å². The molecule has 1 aliphatic heterocycles. The monoisotopic (exact) mass is 285 g/mol. The van der Waals surface area contributed by atoms with Crippen molar-refractivity contribution >= 4 is 21.9 Å². The highest BCUT2D eigenvalue weighted by Crippen LogP contribution is 2.15. The average molecular weight is 286 g/mol. The number of hydrogen-bond donors (Lipinski definition) is 1. The normalized spacial score (nSPS) is 15.2. The van der Waals surface area contributed by atoms with Crippen molar-refractivity contribution in [2.24, 2.45) is 4.99 Å². The molecular formula is C11H13BrFN3. The highest BCUT2D eigenvalue weighted by Gasteiger charge is 2.12. The SMILES string of the molecule is CN1CCN=C1NCc1cc(Br)ccc1F. The number of guanidine groups is 1. The van der Waals surface area contributed by atoms with Crippen molar-refractivity contribution in [1.82, 2.24) is 10.2 Å². The molecule has 0 fully saturated rings.